The topological polar surface area (TPSA) is 49.0 Å². The van der Waals surface area contributed by atoms with Crippen molar-refractivity contribution in [3.63, 3.8) is 0 Å². The van der Waals surface area contributed by atoms with Crippen LogP contribution in [0.15, 0.2) is 54.6 Å². The minimum absolute atomic E-state index is 0.153. The van der Waals surface area contributed by atoms with Crippen LogP contribution >= 0.6 is 0 Å². The number of benzene rings is 2. The fourth-order valence-corrected chi connectivity index (χ4v) is 3.94. The monoisotopic (exact) mass is 373 g/mol. The summed E-state index contributed by atoms with van der Waals surface area (Å²) in [4.78, 5) is 23.1. The Hall–Kier alpha value is -2.88. The molecule has 1 aliphatic heterocycles. The number of nitrogens with zero attached hydrogens (tertiary/aromatic N) is 2. The highest BCUT2D eigenvalue weighted by Crippen LogP contribution is 2.43. The molecule has 1 N–H and O–H groups in total. The summed E-state index contributed by atoms with van der Waals surface area (Å²) in [5.74, 6) is 1.14. The molecule has 4 rings (SSSR count). The van der Waals surface area contributed by atoms with Crippen LogP contribution in [0, 0.1) is 0 Å². The molecular formula is C24H27N3O. The van der Waals surface area contributed by atoms with Gasteiger partial charge in [-0.3, -0.25) is 4.79 Å². The first-order valence-corrected chi connectivity index (χ1v) is 10.0. The fraction of sp³-hybridized carbons (Fsp3) is 0.333. The molecule has 1 aromatic heterocycles. The molecule has 0 saturated heterocycles. The predicted octanol–water partition coefficient (Wildman–Crippen LogP) is 4.94. The third-order valence-corrected chi connectivity index (χ3v) is 5.58. The number of hydrogen-bond acceptors (Lipinski definition) is 2. The first kappa shape index (κ1) is 18.5. The number of aromatic nitrogens is 2. The van der Waals surface area contributed by atoms with Crippen LogP contribution in [0.4, 0.5) is 5.69 Å². The van der Waals surface area contributed by atoms with Crippen molar-refractivity contribution in [2.24, 2.45) is 0 Å². The van der Waals surface area contributed by atoms with Gasteiger partial charge in [0, 0.05) is 13.0 Å². The molecular weight excluding hydrogens is 346 g/mol. The predicted molar refractivity (Wildman–Crippen MR) is 115 cm³/mol. The third kappa shape index (κ3) is 3.24. The molecule has 4 heteroatoms. The number of carbonyl (C=O) groups excluding carboxylic acids is 1. The zero-order chi connectivity index (χ0) is 19.7. The van der Waals surface area contributed by atoms with E-state index in [4.69, 9.17) is 4.98 Å². The zero-order valence-corrected chi connectivity index (χ0v) is 16.8. The van der Waals surface area contributed by atoms with E-state index < -0.39 is 5.41 Å². The molecule has 0 aliphatic carbocycles. The van der Waals surface area contributed by atoms with Crippen molar-refractivity contribution in [3.8, 4) is 0 Å². The van der Waals surface area contributed by atoms with Gasteiger partial charge in [0.15, 0.2) is 0 Å². The summed E-state index contributed by atoms with van der Waals surface area (Å²) in [6.45, 7) is 6.73. The van der Waals surface area contributed by atoms with E-state index in [9.17, 15) is 4.79 Å². The van der Waals surface area contributed by atoms with Gasteiger partial charge >= 0.3 is 0 Å². The van der Waals surface area contributed by atoms with Gasteiger partial charge in [0.1, 0.15) is 5.82 Å². The van der Waals surface area contributed by atoms with Crippen LogP contribution in [0.1, 0.15) is 44.1 Å². The summed E-state index contributed by atoms with van der Waals surface area (Å²) >= 11 is 0. The Balaban J connectivity index is 1.65. The fourth-order valence-electron chi connectivity index (χ4n) is 3.94. The number of hydrogen-bond donors (Lipinski definition) is 1. The van der Waals surface area contributed by atoms with Crippen molar-refractivity contribution in [1.29, 1.82) is 0 Å². The van der Waals surface area contributed by atoms with E-state index in [0.29, 0.717) is 6.54 Å². The summed E-state index contributed by atoms with van der Waals surface area (Å²) in [5, 5.41) is 0. The highest BCUT2D eigenvalue weighted by atomic mass is 16.2. The first-order valence-electron chi connectivity index (χ1n) is 10.0. The van der Waals surface area contributed by atoms with E-state index in [0.717, 1.165) is 47.4 Å². The second kappa shape index (κ2) is 7.27. The Labute approximate surface area is 166 Å². The Morgan fingerprint density at radius 3 is 2.64 bits per heavy atom. The lowest BCUT2D eigenvalue weighted by atomic mass is 9.86. The van der Waals surface area contributed by atoms with Gasteiger partial charge in [0.05, 0.1) is 22.1 Å². The van der Waals surface area contributed by atoms with Gasteiger partial charge in [-0.25, -0.2) is 4.98 Å². The maximum atomic E-state index is 13.0. The summed E-state index contributed by atoms with van der Waals surface area (Å²) in [7, 11) is 0. The molecule has 1 amide bonds. The maximum absolute atomic E-state index is 13.0. The molecule has 3 aromatic rings. The van der Waals surface area contributed by atoms with Gasteiger partial charge in [-0.15, -0.1) is 0 Å². The molecule has 4 nitrogen and oxygen atoms in total. The molecule has 2 aromatic carbocycles. The van der Waals surface area contributed by atoms with Crippen molar-refractivity contribution >= 4 is 22.6 Å². The number of allylic oxidation sites excluding steroid dienone is 1. The Bertz CT molecular complexity index is 1030. The molecule has 0 saturated carbocycles. The molecule has 0 atom stereocenters. The number of imidazole rings is 1. The number of aromatic amines is 1. The highest BCUT2D eigenvalue weighted by Gasteiger charge is 2.43. The molecule has 0 spiro atoms. The van der Waals surface area contributed by atoms with Crippen LogP contribution in [-0.2, 0) is 23.1 Å². The summed E-state index contributed by atoms with van der Waals surface area (Å²) in [6, 6.07) is 14.7. The average Bonchev–Trinajstić information content (AvgIpc) is 3.18. The van der Waals surface area contributed by atoms with Crippen LogP contribution < -0.4 is 4.90 Å². The maximum Gasteiger partial charge on any atom is 0.237 e. The number of fused-ring (bicyclic) bond motifs is 2. The Morgan fingerprint density at radius 1 is 1.11 bits per heavy atom. The van der Waals surface area contributed by atoms with E-state index >= 15 is 0 Å². The van der Waals surface area contributed by atoms with Crippen molar-refractivity contribution in [2.45, 2.75) is 45.4 Å². The van der Waals surface area contributed by atoms with Gasteiger partial charge in [0.25, 0.3) is 0 Å². The van der Waals surface area contributed by atoms with Crippen LogP contribution in [0.3, 0.4) is 0 Å². The Kier molecular flexibility index (Phi) is 4.80. The normalized spacial score (nSPS) is 15.7. The number of anilines is 1. The minimum atomic E-state index is -0.515. The van der Waals surface area contributed by atoms with Crippen LogP contribution in [0.5, 0.6) is 0 Å². The first-order chi connectivity index (χ1) is 13.5. The number of H-pyrrole nitrogens is 1. The average molecular weight is 374 g/mol. The molecule has 28 heavy (non-hydrogen) atoms. The molecule has 0 fully saturated rings. The molecule has 0 radical (unpaired) electrons. The lowest BCUT2D eigenvalue weighted by Gasteiger charge is -2.18. The SMILES string of the molecule is CC/C=C/CN1C(=O)C(C)(C)c2cc3[nH]c(CCc4ccccc4)nc3cc21. The standard InChI is InChI=1S/C24H27N3O/c1-4-5-9-14-27-21-16-20-19(15-18(21)24(2,3)23(27)28)25-22(26-20)13-12-17-10-7-6-8-11-17/h5-11,15-16H,4,12-14H2,1-3H3,(H,25,26)/b9-5+. The second-order valence-electron chi connectivity index (χ2n) is 7.98. The van der Waals surface area contributed by atoms with Gasteiger partial charge in [-0.2, -0.15) is 0 Å². The third-order valence-electron chi connectivity index (χ3n) is 5.58. The molecule has 144 valence electrons. The van der Waals surface area contributed by atoms with Crippen LogP contribution in [-0.4, -0.2) is 22.4 Å². The summed E-state index contributed by atoms with van der Waals surface area (Å²) in [5.41, 5.74) is 4.80. The minimum Gasteiger partial charge on any atom is -0.342 e. The summed E-state index contributed by atoms with van der Waals surface area (Å²) < 4.78 is 0. The number of nitrogens with one attached hydrogen (secondary N) is 1. The molecule has 0 bridgehead atoms. The van der Waals surface area contributed by atoms with Gasteiger partial charge in [-0.05, 0) is 49.9 Å². The van der Waals surface area contributed by atoms with Gasteiger partial charge < -0.3 is 9.88 Å². The van der Waals surface area contributed by atoms with Crippen molar-refractivity contribution in [2.75, 3.05) is 11.4 Å². The van der Waals surface area contributed by atoms with E-state index in [1.165, 1.54) is 5.56 Å². The zero-order valence-electron chi connectivity index (χ0n) is 16.8. The largest absolute Gasteiger partial charge is 0.342 e. The summed E-state index contributed by atoms with van der Waals surface area (Å²) in [6.07, 6.45) is 6.98. The van der Waals surface area contributed by atoms with E-state index in [-0.39, 0.29) is 5.91 Å². The van der Waals surface area contributed by atoms with Crippen molar-refractivity contribution in [1.82, 2.24) is 9.97 Å². The molecule has 1 aliphatic rings. The van der Waals surface area contributed by atoms with Gasteiger partial charge in [0.2, 0.25) is 5.91 Å². The number of amides is 1. The van der Waals surface area contributed by atoms with E-state index in [2.05, 4.69) is 60.5 Å². The molecule has 0 unspecified atom stereocenters. The quantitative estimate of drug-likeness (QED) is 0.622. The molecule has 2 heterocycles. The number of carbonyl (C=O) groups is 1. The number of rotatable bonds is 6. The smallest absolute Gasteiger partial charge is 0.237 e. The van der Waals surface area contributed by atoms with Crippen LogP contribution in [0.2, 0.25) is 0 Å². The van der Waals surface area contributed by atoms with Crippen LogP contribution in [0.25, 0.3) is 11.0 Å². The van der Waals surface area contributed by atoms with E-state index in [1.54, 1.807) is 0 Å². The lowest BCUT2D eigenvalue weighted by Crippen LogP contribution is -2.36. The lowest BCUT2D eigenvalue weighted by molar-refractivity contribution is -0.121. The van der Waals surface area contributed by atoms with Crippen molar-refractivity contribution < 1.29 is 4.79 Å². The second-order valence-corrected chi connectivity index (χ2v) is 7.98. The highest BCUT2D eigenvalue weighted by molar-refractivity contribution is 6.09. The van der Waals surface area contributed by atoms with Crippen molar-refractivity contribution in [3.05, 3.63) is 71.6 Å². The number of aryl methyl sites for hydroxylation is 2. The van der Waals surface area contributed by atoms with Gasteiger partial charge in [-0.1, -0.05) is 49.4 Å². The Morgan fingerprint density at radius 2 is 1.89 bits per heavy atom. The van der Waals surface area contributed by atoms with E-state index in [1.807, 2.05) is 24.8 Å².